The van der Waals surface area contributed by atoms with Crippen molar-refractivity contribution in [1.82, 2.24) is 29.6 Å². The SMILES string of the molecule is O=C(c1ccc(Cl)nc1)N1CCN(c2ccc(-n3ccnc3)nn2)CC1. The highest BCUT2D eigenvalue weighted by Crippen LogP contribution is 2.16. The number of amides is 1. The van der Waals surface area contributed by atoms with Crippen molar-refractivity contribution in [3.05, 3.63) is 59.9 Å². The van der Waals surface area contributed by atoms with Crippen LogP contribution in [0.2, 0.25) is 5.15 Å². The van der Waals surface area contributed by atoms with E-state index < -0.39 is 0 Å². The summed E-state index contributed by atoms with van der Waals surface area (Å²) in [6.07, 6.45) is 6.71. The molecule has 1 fully saturated rings. The predicted molar refractivity (Wildman–Crippen MR) is 96.5 cm³/mol. The number of carbonyl (C=O) groups excluding carboxylic acids is 1. The molecular weight excluding hydrogens is 354 g/mol. The lowest BCUT2D eigenvalue weighted by atomic mass is 10.2. The van der Waals surface area contributed by atoms with Gasteiger partial charge in [0.15, 0.2) is 11.6 Å². The van der Waals surface area contributed by atoms with E-state index in [4.69, 9.17) is 11.6 Å². The Kier molecular flexibility index (Phi) is 4.49. The Bertz CT molecular complexity index is 872. The summed E-state index contributed by atoms with van der Waals surface area (Å²) in [5.74, 6) is 1.49. The van der Waals surface area contributed by atoms with Crippen LogP contribution in [0.15, 0.2) is 49.2 Å². The highest BCUT2D eigenvalue weighted by atomic mass is 35.5. The van der Waals surface area contributed by atoms with E-state index in [2.05, 4.69) is 25.1 Å². The quantitative estimate of drug-likeness (QED) is 0.653. The topological polar surface area (TPSA) is 80.0 Å². The number of piperazine rings is 1. The minimum Gasteiger partial charge on any atom is -0.352 e. The molecule has 0 atom stereocenters. The van der Waals surface area contributed by atoms with E-state index in [0.717, 1.165) is 11.6 Å². The summed E-state index contributed by atoms with van der Waals surface area (Å²) in [6.45, 7) is 2.64. The van der Waals surface area contributed by atoms with Crippen molar-refractivity contribution in [3.8, 4) is 5.82 Å². The van der Waals surface area contributed by atoms with Gasteiger partial charge in [0, 0.05) is 44.8 Å². The molecule has 0 N–H and O–H groups in total. The summed E-state index contributed by atoms with van der Waals surface area (Å²) in [5.41, 5.74) is 0.548. The normalized spacial score (nSPS) is 14.5. The largest absolute Gasteiger partial charge is 0.352 e. The number of rotatable bonds is 3. The Hall–Kier alpha value is -3.00. The lowest BCUT2D eigenvalue weighted by molar-refractivity contribution is 0.0746. The number of carbonyl (C=O) groups is 1. The molecule has 0 bridgehead atoms. The van der Waals surface area contributed by atoms with Crippen molar-refractivity contribution >= 4 is 23.3 Å². The fraction of sp³-hybridized carbons (Fsp3) is 0.235. The lowest BCUT2D eigenvalue weighted by Gasteiger charge is -2.35. The standard InChI is InChI=1S/C17H16ClN7O/c18-14-2-1-13(11-20-14)17(26)24-9-7-23(8-10-24)15-3-4-16(22-21-15)25-6-5-19-12-25/h1-6,11-12H,7-10H2. The van der Waals surface area contributed by atoms with E-state index in [1.807, 2.05) is 23.2 Å². The molecule has 9 heteroatoms. The van der Waals surface area contributed by atoms with E-state index in [-0.39, 0.29) is 5.91 Å². The number of aromatic nitrogens is 5. The Morgan fingerprint density at radius 2 is 1.77 bits per heavy atom. The Morgan fingerprint density at radius 3 is 2.38 bits per heavy atom. The molecule has 1 amide bonds. The Labute approximate surface area is 155 Å². The van der Waals surface area contributed by atoms with Gasteiger partial charge in [-0.05, 0) is 24.3 Å². The fourth-order valence-electron chi connectivity index (χ4n) is 2.84. The van der Waals surface area contributed by atoms with Gasteiger partial charge < -0.3 is 9.80 Å². The molecule has 8 nitrogen and oxygen atoms in total. The van der Waals surface area contributed by atoms with Crippen LogP contribution in [0.3, 0.4) is 0 Å². The number of imidazole rings is 1. The first kappa shape index (κ1) is 16.5. The maximum atomic E-state index is 12.5. The van der Waals surface area contributed by atoms with Crippen LogP contribution in [0.5, 0.6) is 0 Å². The van der Waals surface area contributed by atoms with Crippen LogP contribution in [0, 0.1) is 0 Å². The first-order valence-corrected chi connectivity index (χ1v) is 8.56. The van der Waals surface area contributed by atoms with Crippen LogP contribution in [-0.2, 0) is 0 Å². The number of hydrogen-bond donors (Lipinski definition) is 0. The molecule has 0 saturated carbocycles. The van der Waals surface area contributed by atoms with E-state index in [1.54, 1.807) is 29.2 Å². The molecule has 132 valence electrons. The Balaban J connectivity index is 1.39. The van der Waals surface area contributed by atoms with Gasteiger partial charge in [-0.1, -0.05) is 11.6 Å². The van der Waals surface area contributed by atoms with Crippen molar-refractivity contribution in [3.63, 3.8) is 0 Å². The molecule has 0 radical (unpaired) electrons. The molecule has 26 heavy (non-hydrogen) atoms. The van der Waals surface area contributed by atoms with Gasteiger partial charge in [0.1, 0.15) is 11.5 Å². The van der Waals surface area contributed by atoms with Crippen molar-refractivity contribution in [2.24, 2.45) is 0 Å². The summed E-state index contributed by atoms with van der Waals surface area (Å²) >= 11 is 5.77. The zero-order chi connectivity index (χ0) is 17.9. The van der Waals surface area contributed by atoms with E-state index in [1.165, 1.54) is 6.20 Å². The van der Waals surface area contributed by atoms with Crippen LogP contribution in [0.25, 0.3) is 5.82 Å². The van der Waals surface area contributed by atoms with Gasteiger partial charge >= 0.3 is 0 Å². The molecule has 1 aliphatic heterocycles. The molecule has 4 heterocycles. The first-order chi connectivity index (χ1) is 12.7. The van der Waals surface area contributed by atoms with Crippen LogP contribution in [0.1, 0.15) is 10.4 Å². The third kappa shape index (κ3) is 3.36. The number of nitrogens with zero attached hydrogens (tertiary/aromatic N) is 7. The number of anilines is 1. The molecule has 0 aromatic carbocycles. The van der Waals surface area contributed by atoms with Gasteiger partial charge in [0.05, 0.1) is 5.56 Å². The summed E-state index contributed by atoms with van der Waals surface area (Å²) in [4.78, 5) is 24.4. The molecule has 0 unspecified atom stereocenters. The highest BCUT2D eigenvalue weighted by Gasteiger charge is 2.23. The summed E-state index contributed by atoms with van der Waals surface area (Å²) in [7, 11) is 0. The van der Waals surface area contributed by atoms with Crippen molar-refractivity contribution in [2.45, 2.75) is 0 Å². The maximum Gasteiger partial charge on any atom is 0.255 e. The molecule has 1 saturated heterocycles. The highest BCUT2D eigenvalue weighted by molar-refractivity contribution is 6.29. The summed E-state index contributed by atoms with van der Waals surface area (Å²) < 4.78 is 1.80. The average Bonchev–Trinajstić information content (AvgIpc) is 3.23. The second-order valence-electron chi connectivity index (χ2n) is 5.87. The third-order valence-electron chi connectivity index (χ3n) is 4.27. The van der Waals surface area contributed by atoms with Gasteiger partial charge in [-0.2, -0.15) is 0 Å². The van der Waals surface area contributed by atoms with Crippen LogP contribution < -0.4 is 4.90 Å². The molecule has 0 aliphatic carbocycles. The molecule has 4 rings (SSSR count). The monoisotopic (exact) mass is 369 g/mol. The fourth-order valence-corrected chi connectivity index (χ4v) is 2.95. The summed E-state index contributed by atoms with van der Waals surface area (Å²) in [6, 6.07) is 7.16. The van der Waals surface area contributed by atoms with Crippen LogP contribution in [0.4, 0.5) is 5.82 Å². The van der Waals surface area contributed by atoms with E-state index in [0.29, 0.717) is 36.9 Å². The number of halogens is 1. The molecule has 3 aromatic rings. The minimum atomic E-state index is -0.0321. The average molecular weight is 370 g/mol. The zero-order valence-electron chi connectivity index (χ0n) is 13.9. The van der Waals surface area contributed by atoms with Crippen molar-refractivity contribution in [2.75, 3.05) is 31.1 Å². The molecule has 3 aromatic heterocycles. The van der Waals surface area contributed by atoms with Crippen LogP contribution in [-0.4, -0.2) is 61.7 Å². The van der Waals surface area contributed by atoms with Gasteiger partial charge in [-0.3, -0.25) is 9.36 Å². The molecule has 0 spiro atoms. The van der Waals surface area contributed by atoms with E-state index >= 15 is 0 Å². The van der Waals surface area contributed by atoms with E-state index in [9.17, 15) is 4.79 Å². The minimum absolute atomic E-state index is 0.0321. The van der Waals surface area contributed by atoms with Gasteiger partial charge in [-0.25, -0.2) is 9.97 Å². The Morgan fingerprint density at radius 1 is 1.00 bits per heavy atom. The van der Waals surface area contributed by atoms with Crippen molar-refractivity contribution in [1.29, 1.82) is 0 Å². The molecule has 1 aliphatic rings. The second kappa shape index (κ2) is 7.09. The predicted octanol–water partition coefficient (Wildman–Crippen LogP) is 1.67. The van der Waals surface area contributed by atoms with Gasteiger partial charge in [0.25, 0.3) is 5.91 Å². The summed E-state index contributed by atoms with van der Waals surface area (Å²) in [5, 5.41) is 8.91. The smallest absolute Gasteiger partial charge is 0.255 e. The number of hydrogen-bond acceptors (Lipinski definition) is 6. The third-order valence-corrected chi connectivity index (χ3v) is 4.49. The second-order valence-corrected chi connectivity index (χ2v) is 6.26. The zero-order valence-corrected chi connectivity index (χ0v) is 14.6. The van der Waals surface area contributed by atoms with Gasteiger partial charge in [-0.15, -0.1) is 10.2 Å². The van der Waals surface area contributed by atoms with Crippen LogP contribution >= 0.6 is 11.6 Å². The first-order valence-electron chi connectivity index (χ1n) is 8.18. The maximum absolute atomic E-state index is 12.5. The van der Waals surface area contributed by atoms with Gasteiger partial charge in [0.2, 0.25) is 0 Å². The van der Waals surface area contributed by atoms with Crippen molar-refractivity contribution < 1.29 is 4.79 Å². The molecular formula is C17H16ClN7O. The lowest BCUT2D eigenvalue weighted by Crippen LogP contribution is -2.49. The number of pyridine rings is 1.